The van der Waals surface area contributed by atoms with E-state index >= 15 is 4.39 Å². The van der Waals surface area contributed by atoms with Crippen LogP contribution in [0.2, 0.25) is 10.0 Å². The summed E-state index contributed by atoms with van der Waals surface area (Å²) < 4.78 is 18.1. The van der Waals surface area contributed by atoms with Crippen molar-refractivity contribution in [3.8, 4) is 11.1 Å². The van der Waals surface area contributed by atoms with Gasteiger partial charge in [-0.15, -0.1) is 0 Å². The molecule has 11 heteroatoms. The summed E-state index contributed by atoms with van der Waals surface area (Å²) in [5.41, 5.74) is 1.01. The van der Waals surface area contributed by atoms with Gasteiger partial charge in [0.1, 0.15) is 6.61 Å². The fourth-order valence-electron chi connectivity index (χ4n) is 6.54. The molecule has 232 valence electrons. The smallest absolute Gasteiger partial charge is 0.281 e. The molecule has 0 bridgehead atoms. The number of piperidine rings is 1. The highest BCUT2D eigenvalue weighted by atomic mass is 35.5. The summed E-state index contributed by atoms with van der Waals surface area (Å²) in [6.45, 7) is 1.54. The quantitative estimate of drug-likeness (QED) is 0.286. The molecule has 2 N–H and O–H groups in total. The van der Waals surface area contributed by atoms with Gasteiger partial charge in [0, 0.05) is 54.3 Å². The number of hydroxylamine groups is 2. The summed E-state index contributed by atoms with van der Waals surface area (Å²) in [5.74, 6) is -3.89. The standard InChI is InChI=1S/C33H34Cl2FN3O5/c1-20(41)38-15-3-2-4-28(38)27(18-40)25-11-12-26-30(29(25)21-5-7-22(34)8-6-21)33(36,16-24-10-9-23(35)17-37-24)39(31(26)42)44-19-32(43)13-14-32/h5-12,17,27-28,40,43H,2-4,13-16,18-19H2,1H3/t27?,28?,33-/m0/s1. The number of aliphatic hydroxyl groups excluding tert-OH is 1. The van der Waals surface area contributed by atoms with E-state index in [2.05, 4.69) is 4.98 Å². The van der Waals surface area contributed by atoms with Crippen LogP contribution < -0.4 is 0 Å². The fraction of sp³-hybridized carbons (Fsp3) is 0.424. The highest BCUT2D eigenvalue weighted by Crippen LogP contribution is 2.51. The Labute approximate surface area is 265 Å². The summed E-state index contributed by atoms with van der Waals surface area (Å²) in [5, 5.41) is 23.0. The highest BCUT2D eigenvalue weighted by molar-refractivity contribution is 6.30. The van der Waals surface area contributed by atoms with Crippen molar-refractivity contribution in [1.29, 1.82) is 0 Å². The Bertz CT molecular complexity index is 1570. The SMILES string of the molecule is CC(=O)N1CCCCC1C(CO)c1ccc2c(c1-c1ccc(Cl)cc1)[C@](F)(Cc1ccc(Cl)cn1)N(OCC1(O)CC1)C2=O. The normalized spacial score (nSPS) is 23.0. The van der Waals surface area contributed by atoms with E-state index in [1.807, 2.05) is 0 Å². The molecule has 2 aromatic carbocycles. The molecule has 2 amide bonds. The number of hydrogen-bond acceptors (Lipinski definition) is 6. The molecule has 8 nitrogen and oxygen atoms in total. The van der Waals surface area contributed by atoms with Crippen LogP contribution in [0.3, 0.4) is 0 Å². The maximum atomic E-state index is 18.1. The molecule has 2 unspecified atom stereocenters. The lowest BCUT2D eigenvalue weighted by molar-refractivity contribution is -0.240. The summed E-state index contributed by atoms with van der Waals surface area (Å²) in [6, 6.07) is 13.0. The molecule has 1 saturated carbocycles. The number of nitrogens with zero attached hydrogens (tertiary/aromatic N) is 3. The van der Waals surface area contributed by atoms with Gasteiger partial charge in [0.25, 0.3) is 5.91 Å². The maximum absolute atomic E-state index is 18.1. The van der Waals surface area contributed by atoms with Crippen LogP contribution in [0, 0.1) is 0 Å². The Morgan fingerprint density at radius 1 is 1.11 bits per heavy atom. The molecule has 1 aliphatic carbocycles. The average molecular weight is 643 g/mol. The second-order valence-electron chi connectivity index (χ2n) is 12.0. The van der Waals surface area contributed by atoms with Gasteiger partial charge in [-0.05, 0) is 79.1 Å². The van der Waals surface area contributed by atoms with Gasteiger partial charge >= 0.3 is 0 Å². The summed E-state index contributed by atoms with van der Waals surface area (Å²) in [7, 11) is 0. The summed E-state index contributed by atoms with van der Waals surface area (Å²) in [4.78, 5) is 38.5. The molecule has 3 atom stereocenters. The average Bonchev–Trinajstić information content (AvgIpc) is 3.71. The minimum atomic E-state index is -2.55. The van der Waals surface area contributed by atoms with E-state index < -0.39 is 23.2 Å². The van der Waals surface area contributed by atoms with Crippen molar-refractivity contribution in [1.82, 2.24) is 14.9 Å². The fourth-order valence-corrected chi connectivity index (χ4v) is 6.78. The third kappa shape index (κ3) is 5.72. The molecular weight excluding hydrogens is 608 g/mol. The number of aromatic nitrogens is 1. The first-order valence-corrected chi connectivity index (χ1v) is 15.6. The topological polar surface area (TPSA) is 103 Å². The van der Waals surface area contributed by atoms with Crippen LogP contribution in [0.4, 0.5) is 4.39 Å². The Balaban J connectivity index is 1.56. The van der Waals surface area contributed by atoms with Gasteiger partial charge < -0.3 is 15.1 Å². The third-order valence-corrected chi connectivity index (χ3v) is 9.47. The van der Waals surface area contributed by atoms with Gasteiger partial charge in [0.2, 0.25) is 11.7 Å². The van der Waals surface area contributed by atoms with E-state index in [0.29, 0.717) is 58.2 Å². The Morgan fingerprint density at radius 3 is 2.48 bits per heavy atom. The lowest BCUT2D eigenvalue weighted by Crippen LogP contribution is -2.47. The van der Waals surface area contributed by atoms with Crippen molar-refractivity contribution >= 4 is 35.0 Å². The molecule has 3 aliphatic rings. The number of hydrogen-bond donors (Lipinski definition) is 2. The number of rotatable bonds is 9. The van der Waals surface area contributed by atoms with Crippen molar-refractivity contribution < 1.29 is 29.0 Å². The lowest BCUT2D eigenvalue weighted by atomic mass is 9.78. The number of halogens is 3. The number of carbonyl (C=O) groups is 2. The van der Waals surface area contributed by atoms with E-state index in [0.717, 1.165) is 17.9 Å². The van der Waals surface area contributed by atoms with E-state index in [4.69, 9.17) is 28.0 Å². The van der Waals surface area contributed by atoms with Crippen LogP contribution in [0.5, 0.6) is 0 Å². The van der Waals surface area contributed by atoms with Gasteiger partial charge in [-0.1, -0.05) is 41.4 Å². The largest absolute Gasteiger partial charge is 0.396 e. The van der Waals surface area contributed by atoms with E-state index in [9.17, 15) is 19.8 Å². The predicted octanol–water partition coefficient (Wildman–Crippen LogP) is 5.81. The number of fused-ring (bicyclic) bond motifs is 1. The van der Waals surface area contributed by atoms with Crippen molar-refractivity contribution in [3.05, 3.63) is 87.2 Å². The monoisotopic (exact) mass is 641 g/mol. The zero-order chi connectivity index (χ0) is 31.2. The maximum Gasteiger partial charge on any atom is 0.281 e. The Morgan fingerprint density at radius 2 is 1.84 bits per heavy atom. The number of likely N-dealkylation sites (tertiary alicyclic amines) is 1. The molecule has 3 heterocycles. The first kappa shape index (κ1) is 30.9. The predicted molar refractivity (Wildman–Crippen MR) is 164 cm³/mol. The second-order valence-corrected chi connectivity index (χ2v) is 12.9. The van der Waals surface area contributed by atoms with Crippen molar-refractivity contribution in [2.24, 2.45) is 0 Å². The minimum absolute atomic E-state index is 0.0745. The molecule has 0 radical (unpaired) electrons. The van der Waals surface area contributed by atoms with Crippen LogP contribution in [0.25, 0.3) is 11.1 Å². The molecular formula is C33H34Cl2FN3O5. The molecule has 3 aromatic rings. The molecule has 1 saturated heterocycles. The molecule has 1 aromatic heterocycles. The zero-order valence-corrected chi connectivity index (χ0v) is 25.8. The third-order valence-electron chi connectivity index (χ3n) is 9.00. The Hall–Kier alpha value is -3.08. The molecule has 44 heavy (non-hydrogen) atoms. The van der Waals surface area contributed by atoms with Crippen molar-refractivity contribution in [3.63, 3.8) is 0 Å². The van der Waals surface area contributed by atoms with E-state index in [-0.39, 0.29) is 42.7 Å². The van der Waals surface area contributed by atoms with E-state index in [1.54, 1.807) is 53.4 Å². The second kappa shape index (κ2) is 12.0. The number of aliphatic hydroxyl groups is 2. The van der Waals surface area contributed by atoms with Crippen LogP contribution in [-0.4, -0.2) is 68.4 Å². The van der Waals surface area contributed by atoms with Crippen molar-refractivity contribution in [2.45, 2.75) is 68.8 Å². The number of amides is 2. The van der Waals surface area contributed by atoms with Gasteiger partial charge in [-0.2, -0.15) is 5.06 Å². The zero-order valence-electron chi connectivity index (χ0n) is 24.3. The molecule has 2 aliphatic heterocycles. The van der Waals surface area contributed by atoms with Crippen LogP contribution in [-0.2, 0) is 21.8 Å². The number of alkyl halides is 1. The minimum Gasteiger partial charge on any atom is -0.396 e. The molecule has 0 spiro atoms. The van der Waals surface area contributed by atoms with E-state index in [1.165, 1.54) is 13.1 Å². The van der Waals surface area contributed by atoms with Gasteiger partial charge in [0.05, 0.1) is 22.8 Å². The van der Waals surface area contributed by atoms with Gasteiger partial charge in [0.15, 0.2) is 0 Å². The lowest BCUT2D eigenvalue weighted by Gasteiger charge is -2.40. The first-order valence-electron chi connectivity index (χ1n) is 14.9. The number of benzene rings is 2. The molecule has 6 rings (SSSR count). The summed E-state index contributed by atoms with van der Waals surface area (Å²) >= 11 is 12.3. The molecule has 2 fully saturated rings. The van der Waals surface area contributed by atoms with Crippen molar-refractivity contribution in [2.75, 3.05) is 19.8 Å². The Kier molecular flexibility index (Phi) is 8.45. The highest BCUT2D eigenvalue weighted by Gasteiger charge is 2.56. The van der Waals surface area contributed by atoms with Crippen LogP contribution >= 0.6 is 23.2 Å². The van der Waals surface area contributed by atoms with Crippen LogP contribution in [0.15, 0.2) is 54.7 Å². The van der Waals surface area contributed by atoms with Crippen LogP contribution in [0.1, 0.15) is 72.1 Å². The number of carbonyl (C=O) groups excluding carboxylic acids is 2. The first-order chi connectivity index (χ1) is 21.0. The number of pyridine rings is 1. The van der Waals surface area contributed by atoms with Gasteiger partial charge in [-0.3, -0.25) is 19.4 Å². The summed E-state index contributed by atoms with van der Waals surface area (Å²) in [6.07, 6.45) is 4.44. The van der Waals surface area contributed by atoms with Gasteiger partial charge in [-0.25, -0.2) is 4.39 Å².